The largest absolute Gasteiger partial charge is 0.307 e. The quantitative estimate of drug-likeness (QED) is 0.546. The van der Waals surface area contributed by atoms with E-state index in [1.54, 1.807) is 55.9 Å². The summed E-state index contributed by atoms with van der Waals surface area (Å²) in [6, 6.07) is 13.7. The number of aromatic nitrogens is 2. The number of rotatable bonds is 8. The van der Waals surface area contributed by atoms with Gasteiger partial charge in [-0.1, -0.05) is 43.6 Å². The summed E-state index contributed by atoms with van der Waals surface area (Å²) in [5.74, 6) is 0.114. The zero-order valence-corrected chi connectivity index (χ0v) is 19.2. The fourth-order valence-electron chi connectivity index (χ4n) is 3.23. The lowest BCUT2D eigenvalue weighted by Crippen LogP contribution is -2.31. The van der Waals surface area contributed by atoms with Crippen molar-refractivity contribution >= 4 is 33.3 Å². The van der Waals surface area contributed by atoms with E-state index in [0.29, 0.717) is 41.6 Å². The summed E-state index contributed by atoms with van der Waals surface area (Å²) in [4.78, 5) is 13.1. The lowest BCUT2D eigenvalue weighted by atomic mass is 10.1. The van der Waals surface area contributed by atoms with Gasteiger partial charge < -0.3 is 5.32 Å². The Balaban J connectivity index is 1.85. The average Bonchev–Trinajstić information content (AvgIpc) is 3.17. The highest BCUT2D eigenvalue weighted by Gasteiger charge is 2.23. The lowest BCUT2D eigenvalue weighted by Gasteiger charge is -2.19. The van der Waals surface area contributed by atoms with Crippen molar-refractivity contribution in [1.82, 2.24) is 14.1 Å². The first-order valence-corrected chi connectivity index (χ1v) is 11.8. The molecule has 0 atom stereocenters. The fourth-order valence-corrected chi connectivity index (χ4v) is 4.84. The first-order chi connectivity index (χ1) is 14.8. The summed E-state index contributed by atoms with van der Waals surface area (Å²) in [5.41, 5.74) is 1.96. The van der Waals surface area contributed by atoms with Crippen LogP contribution >= 0.6 is 11.6 Å². The smallest absolute Gasteiger partial charge is 0.257 e. The van der Waals surface area contributed by atoms with Gasteiger partial charge in [0.15, 0.2) is 0 Å². The molecule has 2 aromatic carbocycles. The van der Waals surface area contributed by atoms with Crippen molar-refractivity contribution in [3.8, 4) is 0 Å². The normalized spacial score (nSPS) is 11.6. The van der Waals surface area contributed by atoms with Gasteiger partial charge in [0.25, 0.3) is 5.91 Å². The number of nitrogens with zero attached hydrogens (tertiary/aromatic N) is 3. The van der Waals surface area contributed by atoms with E-state index in [0.717, 1.165) is 5.56 Å². The van der Waals surface area contributed by atoms with Crippen molar-refractivity contribution in [2.75, 3.05) is 18.4 Å². The van der Waals surface area contributed by atoms with Crippen LogP contribution in [0.25, 0.3) is 0 Å². The molecular weight excluding hydrogens is 436 g/mol. The SMILES string of the molecule is CCN(CC)S(=O)(=O)c1ccc(C)c(C(=O)Nc2ccnn2Cc2ccc(Cl)cc2)c1. The van der Waals surface area contributed by atoms with Crippen molar-refractivity contribution in [2.24, 2.45) is 0 Å². The Morgan fingerprint density at radius 3 is 2.42 bits per heavy atom. The molecule has 0 aliphatic heterocycles. The van der Waals surface area contributed by atoms with Gasteiger partial charge in [-0.25, -0.2) is 13.1 Å². The molecule has 0 bridgehead atoms. The maximum atomic E-state index is 13.0. The van der Waals surface area contributed by atoms with Gasteiger partial charge in [-0.05, 0) is 42.3 Å². The van der Waals surface area contributed by atoms with Gasteiger partial charge in [0, 0.05) is 29.7 Å². The Labute approximate surface area is 187 Å². The topological polar surface area (TPSA) is 84.3 Å². The Hall–Kier alpha value is -2.68. The number of nitrogens with one attached hydrogen (secondary N) is 1. The molecule has 1 aromatic heterocycles. The fraction of sp³-hybridized carbons (Fsp3) is 0.273. The number of carbonyl (C=O) groups is 1. The van der Waals surface area contributed by atoms with Crippen LogP contribution in [0.4, 0.5) is 5.82 Å². The summed E-state index contributed by atoms with van der Waals surface area (Å²) >= 11 is 5.93. The third-order valence-electron chi connectivity index (χ3n) is 5.00. The monoisotopic (exact) mass is 460 g/mol. The zero-order chi connectivity index (χ0) is 22.6. The van der Waals surface area contributed by atoms with Crippen molar-refractivity contribution in [3.05, 3.63) is 76.4 Å². The standard InChI is InChI=1S/C22H25ClN4O3S/c1-4-26(5-2)31(29,30)19-11-6-16(3)20(14-19)22(28)25-21-12-13-24-27(21)15-17-7-9-18(23)10-8-17/h6-14H,4-5,15H2,1-3H3,(H,25,28). The second-order valence-corrected chi connectivity index (χ2v) is 9.40. The van der Waals surface area contributed by atoms with Crippen LogP contribution in [0, 0.1) is 6.92 Å². The summed E-state index contributed by atoms with van der Waals surface area (Å²) in [6.07, 6.45) is 1.60. The molecule has 0 aliphatic rings. The molecule has 31 heavy (non-hydrogen) atoms. The Morgan fingerprint density at radius 2 is 1.77 bits per heavy atom. The first kappa shape index (κ1) is 23.0. The Morgan fingerprint density at radius 1 is 1.10 bits per heavy atom. The van der Waals surface area contributed by atoms with Crippen LogP contribution in [0.3, 0.4) is 0 Å². The number of hydrogen-bond donors (Lipinski definition) is 1. The van der Waals surface area contributed by atoms with Crippen LogP contribution in [0.1, 0.15) is 35.3 Å². The minimum absolute atomic E-state index is 0.0987. The van der Waals surface area contributed by atoms with Crippen molar-refractivity contribution < 1.29 is 13.2 Å². The van der Waals surface area contributed by atoms with Crippen LogP contribution in [-0.4, -0.2) is 41.5 Å². The van der Waals surface area contributed by atoms with Crippen LogP contribution < -0.4 is 5.32 Å². The molecule has 3 aromatic rings. The highest BCUT2D eigenvalue weighted by molar-refractivity contribution is 7.89. The predicted octanol–water partition coefficient (Wildman–Crippen LogP) is 4.18. The summed E-state index contributed by atoms with van der Waals surface area (Å²) < 4.78 is 28.7. The minimum Gasteiger partial charge on any atom is -0.307 e. The second-order valence-electron chi connectivity index (χ2n) is 7.02. The van der Waals surface area contributed by atoms with Gasteiger partial charge >= 0.3 is 0 Å². The maximum absolute atomic E-state index is 13.0. The summed E-state index contributed by atoms with van der Waals surface area (Å²) in [6.45, 7) is 6.51. The Kier molecular flexibility index (Phi) is 7.15. The molecule has 0 spiro atoms. The van der Waals surface area contributed by atoms with Gasteiger partial charge in [0.2, 0.25) is 10.0 Å². The maximum Gasteiger partial charge on any atom is 0.257 e. The molecular formula is C22H25ClN4O3S. The van der Waals surface area contributed by atoms with E-state index in [1.165, 1.54) is 16.4 Å². The average molecular weight is 461 g/mol. The number of carbonyl (C=O) groups excluding carboxylic acids is 1. The van der Waals surface area contributed by atoms with E-state index in [2.05, 4.69) is 10.4 Å². The number of halogens is 1. The van der Waals surface area contributed by atoms with E-state index < -0.39 is 15.9 Å². The van der Waals surface area contributed by atoms with E-state index >= 15 is 0 Å². The van der Waals surface area contributed by atoms with Crippen LogP contribution in [0.2, 0.25) is 5.02 Å². The van der Waals surface area contributed by atoms with E-state index in [1.807, 2.05) is 12.1 Å². The van der Waals surface area contributed by atoms with E-state index in [4.69, 9.17) is 11.6 Å². The molecule has 1 heterocycles. The number of amides is 1. The van der Waals surface area contributed by atoms with Gasteiger partial charge in [-0.3, -0.25) is 4.79 Å². The molecule has 7 nitrogen and oxygen atoms in total. The number of sulfonamides is 1. The third-order valence-corrected chi connectivity index (χ3v) is 7.30. The predicted molar refractivity (Wildman–Crippen MR) is 122 cm³/mol. The molecule has 9 heteroatoms. The number of anilines is 1. The zero-order valence-electron chi connectivity index (χ0n) is 17.7. The van der Waals surface area contributed by atoms with Crippen molar-refractivity contribution in [3.63, 3.8) is 0 Å². The van der Waals surface area contributed by atoms with E-state index in [-0.39, 0.29) is 4.90 Å². The molecule has 1 amide bonds. The first-order valence-electron chi connectivity index (χ1n) is 9.94. The van der Waals surface area contributed by atoms with Gasteiger partial charge in [0.1, 0.15) is 5.82 Å². The molecule has 164 valence electrons. The molecule has 0 saturated heterocycles. The summed E-state index contributed by atoms with van der Waals surface area (Å²) in [5, 5.41) is 7.76. The highest BCUT2D eigenvalue weighted by Crippen LogP contribution is 2.21. The van der Waals surface area contributed by atoms with Gasteiger partial charge in [-0.15, -0.1) is 0 Å². The molecule has 0 aliphatic carbocycles. The van der Waals surface area contributed by atoms with Crippen LogP contribution in [0.5, 0.6) is 0 Å². The molecule has 1 N–H and O–H groups in total. The van der Waals surface area contributed by atoms with Crippen LogP contribution in [-0.2, 0) is 16.6 Å². The molecule has 3 rings (SSSR count). The Bertz CT molecular complexity index is 1170. The van der Waals surface area contributed by atoms with Crippen LogP contribution in [0.15, 0.2) is 59.6 Å². The number of benzene rings is 2. The molecule has 0 radical (unpaired) electrons. The molecule has 0 unspecified atom stereocenters. The van der Waals surface area contributed by atoms with Gasteiger partial charge in [-0.2, -0.15) is 9.40 Å². The lowest BCUT2D eigenvalue weighted by molar-refractivity contribution is 0.102. The summed E-state index contributed by atoms with van der Waals surface area (Å²) in [7, 11) is -3.66. The number of hydrogen-bond acceptors (Lipinski definition) is 4. The highest BCUT2D eigenvalue weighted by atomic mass is 35.5. The third kappa shape index (κ3) is 5.15. The van der Waals surface area contributed by atoms with Crippen molar-refractivity contribution in [2.45, 2.75) is 32.2 Å². The minimum atomic E-state index is -3.66. The molecule has 0 saturated carbocycles. The number of aryl methyl sites for hydroxylation is 1. The second kappa shape index (κ2) is 9.64. The van der Waals surface area contributed by atoms with Gasteiger partial charge in [0.05, 0.1) is 17.6 Å². The molecule has 0 fully saturated rings. The van der Waals surface area contributed by atoms with E-state index in [9.17, 15) is 13.2 Å². The van der Waals surface area contributed by atoms with Crippen molar-refractivity contribution in [1.29, 1.82) is 0 Å².